The maximum Gasteiger partial charge on any atom is 0.196 e. The van der Waals surface area contributed by atoms with Crippen molar-refractivity contribution in [3.63, 3.8) is 0 Å². The lowest BCUT2D eigenvalue weighted by molar-refractivity contribution is 1.09. The molecule has 1 aromatic heterocycles. The zero-order valence-corrected chi connectivity index (χ0v) is 6.17. The van der Waals surface area contributed by atoms with Gasteiger partial charge >= 0.3 is 0 Å². The van der Waals surface area contributed by atoms with Crippen molar-refractivity contribution in [1.82, 2.24) is 9.97 Å². The normalized spacial score (nSPS) is 9.44. The van der Waals surface area contributed by atoms with Crippen LogP contribution in [0, 0.1) is 4.77 Å². The molecule has 0 atom stereocenters. The molecule has 4 heteroatoms. The van der Waals surface area contributed by atoms with Crippen molar-refractivity contribution in [3.8, 4) is 0 Å². The molecule has 1 aromatic rings. The van der Waals surface area contributed by atoms with Gasteiger partial charge in [0.25, 0.3) is 0 Å². The van der Waals surface area contributed by atoms with E-state index in [9.17, 15) is 0 Å². The third kappa shape index (κ3) is 1.77. The molecule has 1 N–H and O–H groups in total. The largest absolute Gasteiger partial charge is 0.337 e. The Hall–Kier alpha value is -0.410. The molecule has 0 spiro atoms. The standard InChI is InChI=1S/C5H5ClN2S/c6-1-4-2-7-5(9)8-3-4/h2-3H,1H2,(H,7,8,9). The highest BCUT2D eigenvalue weighted by molar-refractivity contribution is 7.71. The second-order valence-corrected chi connectivity index (χ2v) is 2.21. The summed E-state index contributed by atoms with van der Waals surface area (Å²) in [6, 6.07) is 0. The van der Waals surface area contributed by atoms with Gasteiger partial charge in [0.1, 0.15) is 0 Å². The Balaban J connectivity index is 3.02. The van der Waals surface area contributed by atoms with Crippen molar-refractivity contribution in [2.75, 3.05) is 0 Å². The van der Waals surface area contributed by atoms with Crippen molar-refractivity contribution in [3.05, 3.63) is 22.7 Å². The summed E-state index contributed by atoms with van der Waals surface area (Å²) in [5, 5.41) is 0. The second kappa shape index (κ2) is 2.94. The van der Waals surface area contributed by atoms with Gasteiger partial charge in [0.05, 0.1) is 5.88 Å². The van der Waals surface area contributed by atoms with Crippen LogP contribution < -0.4 is 0 Å². The van der Waals surface area contributed by atoms with Crippen molar-refractivity contribution in [1.29, 1.82) is 0 Å². The van der Waals surface area contributed by atoms with Crippen LogP contribution in [0.4, 0.5) is 0 Å². The number of nitrogens with zero attached hydrogens (tertiary/aromatic N) is 1. The predicted octanol–water partition coefficient (Wildman–Crippen LogP) is 1.88. The zero-order valence-electron chi connectivity index (χ0n) is 4.60. The van der Waals surface area contributed by atoms with Gasteiger partial charge < -0.3 is 4.98 Å². The van der Waals surface area contributed by atoms with E-state index >= 15 is 0 Å². The first-order valence-electron chi connectivity index (χ1n) is 2.42. The summed E-state index contributed by atoms with van der Waals surface area (Å²) < 4.78 is 0.490. The fourth-order valence-corrected chi connectivity index (χ4v) is 0.701. The maximum absolute atomic E-state index is 5.49. The fourth-order valence-electron chi connectivity index (χ4n) is 0.444. The lowest BCUT2D eigenvalue weighted by Gasteiger charge is -1.89. The molecule has 0 saturated heterocycles. The molecule has 0 amide bonds. The Kier molecular flexibility index (Phi) is 2.19. The summed E-state index contributed by atoms with van der Waals surface area (Å²) in [5.74, 6) is 0.471. The highest BCUT2D eigenvalue weighted by Gasteiger charge is 1.85. The molecule has 0 fully saturated rings. The number of hydrogen-bond acceptors (Lipinski definition) is 2. The third-order valence-corrected chi connectivity index (χ3v) is 1.41. The summed E-state index contributed by atoms with van der Waals surface area (Å²) in [6.07, 6.45) is 3.41. The van der Waals surface area contributed by atoms with Crippen LogP contribution in [0.3, 0.4) is 0 Å². The van der Waals surface area contributed by atoms with Gasteiger partial charge in [-0.3, -0.25) is 0 Å². The smallest absolute Gasteiger partial charge is 0.196 e. The molecular formula is C5H5ClN2S. The highest BCUT2D eigenvalue weighted by Crippen LogP contribution is 1.96. The van der Waals surface area contributed by atoms with Gasteiger partial charge in [0, 0.05) is 18.0 Å². The zero-order chi connectivity index (χ0) is 6.69. The summed E-state index contributed by atoms with van der Waals surface area (Å²) in [5.41, 5.74) is 0.949. The first-order chi connectivity index (χ1) is 4.33. The Labute approximate surface area is 62.9 Å². The Morgan fingerprint density at radius 3 is 3.00 bits per heavy atom. The molecule has 0 saturated carbocycles. The SMILES string of the molecule is S=c1ncc(CCl)c[nH]1. The maximum atomic E-state index is 5.49. The van der Waals surface area contributed by atoms with Crippen LogP contribution >= 0.6 is 23.8 Å². The van der Waals surface area contributed by atoms with Crippen LogP contribution in [0.1, 0.15) is 5.56 Å². The average molecular weight is 161 g/mol. The molecule has 0 bridgehead atoms. The Bertz CT molecular complexity index is 224. The molecule has 0 aromatic carbocycles. The molecule has 1 rings (SSSR count). The van der Waals surface area contributed by atoms with Gasteiger partial charge in [-0.05, 0) is 12.2 Å². The molecule has 0 unspecified atom stereocenters. The minimum absolute atomic E-state index is 0.471. The molecule has 0 aliphatic rings. The van der Waals surface area contributed by atoms with E-state index in [1.54, 1.807) is 12.4 Å². The Morgan fingerprint density at radius 2 is 2.56 bits per heavy atom. The van der Waals surface area contributed by atoms with E-state index in [2.05, 4.69) is 9.97 Å². The number of nitrogens with one attached hydrogen (secondary N) is 1. The van der Waals surface area contributed by atoms with Gasteiger partial charge in [-0.1, -0.05) is 0 Å². The molecule has 0 aliphatic heterocycles. The number of aromatic nitrogens is 2. The minimum atomic E-state index is 0.471. The highest BCUT2D eigenvalue weighted by atomic mass is 35.5. The number of halogens is 1. The number of H-pyrrole nitrogens is 1. The van der Waals surface area contributed by atoms with Crippen molar-refractivity contribution < 1.29 is 0 Å². The quantitative estimate of drug-likeness (QED) is 0.502. The lowest BCUT2D eigenvalue weighted by Crippen LogP contribution is -1.83. The van der Waals surface area contributed by atoms with E-state index in [4.69, 9.17) is 23.8 Å². The molecule has 48 valence electrons. The van der Waals surface area contributed by atoms with Crippen molar-refractivity contribution >= 4 is 23.8 Å². The first kappa shape index (κ1) is 6.71. The van der Waals surface area contributed by atoms with Gasteiger partial charge in [0.2, 0.25) is 0 Å². The van der Waals surface area contributed by atoms with Crippen molar-refractivity contribution in [2.45, 2.75) is 5.88 Å². The Morgan fingerprint density at radius 1 is 1.78 bits per heavy atom. The van der Waals surface area contributed by atoms with Crippen LogP contribution in [0.25, 0.3) is 0 Å². The van der Waals surface area contributed by atoms with Gasteiger partial charge in [0.15, 0.2) is 4.77 Å². The van der Waals surface area contributed by atoms with Gasteiger partial charge in [-0.25, -0.2) is 4.98 Å². The van der Waals surface area contributed by atoms with E-state index in [1.165, 1.54) is 0 Å². The predicted molar refractivity (Wildman–Crippen MR) is 39.0 cm³/mol. The monoisotopic (exact) mass is 160 g/mol. The van der Waals surface area contributed by atoms with E-state index in [-0.39, 0.29) is 0 Å². The lowest BCUT2D eigenvalue weighted by atomic mass is 10.4. The number of alkyl halides is 1. The summed E-state index contributed by atoms with van der Waals surface area (Å²) in [4.78, 5) is 6.59. The van der Waals surface area contributed by atoms with Crippen LogP contribution in [-0.4, -0.2) is 9.97 Å². The van der Waals surface area contributed by atoms with Crippen LogP contribution in [0.15, 0.2) is 12.4 Å². The number of rotatable bonds is 1. The third-order valence-electron chi connectivity index (χ3n) is 0.883. The molecule has 9 heavy (non-hydrogen) atoms. The molecule has 0 radical (unpaired) electrons. The summed E-state index contributed by atoms with van der Waals surface area (Å²) in [6.45, 7) is 0. The fraction of sp³-hybridized carbons (Fsp3) is 0.200. The second-order valence-electron chi connectivity index (χ2n) is 1.56. The molecule has 0 aliphatic carbocycles. The number of hydrogen-bond donors (Lipinski definition) is 1. The summed E-state index contributed by atoms with van der Waals surface area (Å²) >= 11 is 10.2. The van der Waals surface area contributed by atoms with Crippen molar-refractivity contribution in [2.24, 2.45) is 0 Å². The number of aromatic amines is 1. The van der Waals surface area contributed by atoms with E-state index in [0.29, 0.717) is 10.7 Å². The molecule has 2 nitrogen and oxygen atoms in total. The van der Waals surface area contributed by atoms with E-state index in [1.807, 2.05) is 0 Å². The van der Waals surface area contributed by atoms with E-state index in [0.717, 1.165) is 5.56 Å². The molecule has 1 heterocycles. The van der Waals surface area contributed by atoms with E-state index < -0.39 is 0 Å². The van der Waals surface area contributed by atoms with Crippen LogP contribution in [0.2, 0.25) is 0 Å². The molecular weight excluding hydrogens is 156 g/mol. The van der Waals surface area contributed by atoms with Gasteiger partial charge in [-0.2, -0.15) is 0 Å². The minimum Gasteiger partial charge on any atom is -0.337 e. The first-order valence-corrected chi connectivity index (χ1v) is 3.37. The summed E-state index contributed by atoms with van der Waals surface area (Å²) in [7, 11) is 0. The topological polar surface area (TPSA) is 28.7 Å². The average Bonchev–Trinajstić information content (AvgIpc) is 1.90. The van der Waals surface area contributed by atoms with Crippen LogP contribution in [0.5, 0.6) is 0 Å². The van der Waals surface area contributed by atoms with Gasteiger partial charge in [-0.15, -0.1) is 11.6 Å². The van der Waals surface area contributed by atoms with Crippen LogP contribution in [-0.2, 0) is 5.88 Å².